The predicted molar refractivity (Wildman–Crippen MR) is 56.7 cm³/mol. The lowest BCUT2D eigenvalue weighted by Gasteiger charge is -2.23. The molecule has 1 aliphatic heterocycles. The number of aliphatic hydroxyl groups excluding tert-OH is 1. The van der Waals surface area contributed by atoms with Gasteiger partial charge >= 0.3 is 0 Å². The molecule has 1 aliphatic rings. The summed E-state index contributed by atoms with van der Waals surface area (Å²) in [6.45, 7) is 0.131. The summed E-state index contributed by atoms with van der Waals surface area (Å²) in [5, 5.41) is 17.9. The van der Waals surface area contributed by atoms with Gasteiger partial charge in [0.05, 0.1) is 30.8 Å². The Labute approximate surface area is 92.9 Å². The Morgan fingerprint density at radius 1 is 1.69 bits per heavy atom. The highest BCUT2D eigenvalue weighted by molar-refractivity contribution is 5.47. The lowest BCUT2D eigenvalue weighted by Crippen LogP contribution is -2.32. The van der Waals surface area contributed by atoms with Crippen molar-refractivity contribution in [2.45, 2.75) is 18.6 Å². The molecule has 0 radical (unpaired) electrons. The van der Waals surface area contributed by atoms with E-state index in [2.05, 4.69) is 4.98 Å². The number of nitrogens with zero attached hydrogens (tertiary/aromatic N) is 3. The lowest BCUT2D eigenvalue weighted by atomic mass is 10.2. The van der Waals surface area contributed by atoms with E-state index in [4.69, 9.17) is 10.4 Å². The van der Waals surface area contributed by atoms with Crippen molar-refractivity contribution in [3.05, 3.63) is 23.9 Å². The maximum atomic E-state index is 13.2. The van der Waals surface area contributed by atoms with E-state index in [0.717, 1.165) is 0 Å². The summed E-state index contributed by atoms with van der Waals surface area (Å²) in [4.78, 5) is 5.81. The van der Waals surface area contributed by atoms with Gasteiger partial charge in [0.25, 0.3) is 0 Å². The molecule has 0 spiro atoms. The van der Waals surface area contributed by atoms with Crippen molar-refractivity contribution in [1.29, 1.82) is 5.26 Å². The highest BCUT2D eigenvalue weighted by atomic mass is 19.1. The monoisotopic (exact) mass is 221 g/mol. The largest absolute Gasteiger partial charge is 0.394 e. The normalized spacial score (nSPS) is 24.4. The first-order valence-corrected chi connectivity index (χ1v) is 5.12. The van der Waals surface area contributed by atoms with Crippen molar-refractivity contribution in [3.63, 3.8) is 0 Å². The Morgan fingerprint density at radius 2 is 2.50 bits per heavy atom. The van der Waals surface area contributed by atoms with Crippen LogP contribution in [0.5, 0.6) is 0 Å². The molecule has 1 aromatic rings. The van der Waals surface area contributed by atoms with Crippen molar-refractivity contribution in [2.75, 3.05) is 18.1 Å². The first-order valence-electron chi connectivity index (χ1n) is 5.12. The lowest BCUT2D eigenvalue weighted by molar-refractivity contribution is 0.255. The number of aromatic nitrogens is 1. The van der Waals surface area contributed by atoms with Crippen molar-refractivity contribution in [3.8, 4) is 6.07 Å². The van der Waals surface area contributed by atoms with Crippen LogP contribution in [-0.4, -0.2) is 35.5 Å². The van der Waals surface area contributed by atoms with Crippen LogP contribution in [0.4, 0.5) is 10.2 Å². The average molecular weight is 221 g/mol. The van der Waals surface area contributed by atoms with E-state index in [0.29, 0.717) is 17.8 Å². The zero-order valence-electron chi connectivity index (χ0n) is 8.67. The van der Waals surface area contributed by atoms with Crippen LogP contribution in [0.1, 0.15) is 12.0 Å². The summed E-state index contributed by atoms with van der Waals surface area (Å²) in [6, 6.07) is 4.98. The van der Waals surface area contributed by atoms with Crippen molar-refractivity contribution < 1.29 is 9.50 Å². The van der Waals surface area contributed by atoms with Crippen LogP contribution < -0.4 is 4.90 Å². The van der Waals surface area contributed by atoms with Gasteiger partial charge in [-0.2, -0.15) is 5.26 Å². The number of hydrogen-bond donors (Lipinski definition) is 1. The minimum atomic E-state index is -0.940. The summed E-state index contributed by atoms with van der Waals surface area (Å²) in [5.74, 6) is 0.554. The van der Waals surface area contributed by atoms with E-state index in [1.54, 1.807) is 17.0 Å². The van der Waals surface area contributed by atoms with Crippen LogP contribution in [-0.2, 0) is 0 Å². The van der Waals surface area contributed by atoms with Crippen LogP contribution >= 0.6 is 0 Å². The van der Waals surface area contributed by atoms with Gasteiger partial charge in [-0.15, -0.1) is 0 Å². The molecule has 1 aromatic heterocycles. The van der Waals surface area contributed by atoms with Gasteiger partial charge in [0.1, 0.15) is 12.0 Å². The number of halogens is 1. The fraction of sp³-hybridized carbons (Fsp3) is 0.455. The molecule has 0 saturated carbocycles. The SMILES string of the molecule is N#Cc1ccnc(N2C[C@@H](F)C[C@H]2CO)c1. The van der Waals surface area contributed by atoms with Crippen LogP contribution in [0, 0.1) is 11.3 Å². The number of hydrogen-bond acceptors (Lipinski definition) is 4. The Hall–Kier alpha value is -1.67. The number of alkyl halides is 1. The molecular weight excluding hydrogens is 209 g/mol. The predicted octanol–water partition coefficient (Wildman–Crippen LogP) is 0.862. The van der Waals surface area contributed by atoms with Crippen LogP contribution in [0.25, 0.3) is 0 Å². The molecule has 0 amide bonds. The minimum absolute atomic E-state index is 0.0983. The Balaban J connectivity index is 2.26. The van der Waals surface area contributed by atoms with E-state index >= 15 is 0 Å². The molecule has 2 rings (SSSR count). The fourth-order valence-corrected chi connectivity index (χ4v) is 1.96. The summed E-state index contributed by atoms with van der Waals surface area (Å²) in [6.07, 6.45) is 0.896. The topological polar surface area (TPSA) is 60.2 Å². The maximum Gasteiger partial charge on any atom is 0.130 e. The van der Waals surface area contributed by atoms with Gasteiger partial charge in [-0.05, 0) is 12.1 Å². The molecule has 0 aliphatic carbocycles. The molecule has 0 unspecified atom stereocenters. The number of rotatable bonds is 2. The van der Waals surface area contributed by atoms with Gasteiger partial charge in [-0.25, -0.2) is 9.37 Å². The summed E-state index contributed by atoms with van der Waals surface area (Å²) in [7, 11) is 0. The Morgan fingerprint density at radius 3 is 3.19 bits per heavy atom. The summed E-state index contributed by atoms with van der Waals surface area (Å²) >= 11 is 0. The fourth-order valence-electron chi connectivity index (χ4n) is 1.96. The molecule has 1 fully saturated rings. The quantitative estimate of drug-likeness (QED) is 0.804. The molecular formula is C11H12FN3O. The average Bonchev–Trinajstić information content (AvgIpc) is 2.70. The number of nitriles is 1. The van der Waals surface area contributed by atoms with Gasteiger partial charge in [-0.3, -0.25) is 0 Å². The zero-order valence-corrected chi connectivity index (χ0v) is 8.67. The van der Waals surface area contributed by atoms with Crippen molar-refractivity contribution in [2.24, 2.45) is 0 Å². The Kier molecular flexibility index (Phi) is 3.02. The van der Waals surface area contributed by atoms with Gasteiger partial charge < -0.3 is 10.0 Å². The third kappa shape index (κ3) is 1.97. The molecule has 0 aromatic carbocycles. The first-order chi connectivity index (χ1) is 7.74. The third-order valence-corrected chi connectivity index (χ3v) is 2.74. The number of aliphatic hydroxyl groups is 1. The van der Waals surface area contributed by atoms with Gasteiger partial charge in [0.15, 0.2) is 0 Å². The summed E-state index contributed by atoms with van der Waals surface area (Å²) in [5.41, 5.74) is 0.490. The molecule has 84 valence electrons. The Bertz CT molecular complexity index is 418. The van der Waals surface area contributed by atoms with E-state index in [1.807, 2.05) is 6.07 Å². The van der Waals surface area contributed by atoms with Crippen LogP contribution in [0.3, 0.4) is 0 Å². The molecule has 1 N–H and O–H groups in total. The van der Waals surface area contributed by atoms with Gasteiger partial charge in [0, 0.05) is 12.6 Å². The second-order valence-electron chi connectivity index (χ2n) is 3.84. The maximum absolute atomic E-state index is 13.2. The minimum Gasteiger partial charge on any atom is -0.394 e. The van der Waals surface area contributed by atoms with Gasteiger partial charge in [-0.1, -0.05) is 0 Å². The van der Waals surface area contributed by atoms with Crippen molar-refractivity contribution in [1.82, 2.24) is 4.98 Å². The molecule has 2 atom stereocenters. The highest BCUT2D eigenvalue weighted by Crippen LogP contribution is 2.25. The van der Waals surface area contributed by atoms with Crippen LogP contribution in [0.2, 0.25) is 0 Å². The molecule has 16 heavy (non-hydrogen) atoms. The zero-order chi connectivity index (χ0) is 11.5. The van der Waals surface area contributed by atoms with Crippen LogP contribution in [0.15, 0.2) is 18.3 Å². The highest BCUT2D eigenvalue weighted by Gasteiger charge is 2.32. The smallest absolute Gasteiger partial charge is 0.130 e. The van der Waals surface area contributed by atoms with Gasteiger partial charge in [0.2, 0.25) is 0 Å². The first kappa shape index (κ1) is 10.8. The second kappa shape index (κ2) is 4.45. The van der Waals surface area contributed by atoms with E-state index < -0.39 is 6.17 Å². The van der Waals surface area contributed by atoms with E-state index in [9.17, 15) is 4.39 Å². The molecule has 5 heteroatoms. The molecule has 2 heterocycles. The van der Waals surface area contributed by atoms with Crippen molar-refractivity contribution >= 4 is 5.82 Å². The summed E-state index contributed by atoms with van der Waals surface area (Å²) < 4.78 is 13.2. The molecule has 4 nitrogen and oxygen atoms in total. The number of pyridine rings is 1. The molecule has 1 saturated heterocycles. The number of anilines is 1. The third-order valence-electron chi connectivity index (χ3n) is 2.74. The standard InChI is InChI=1S/C11H12FN3O/c12-9-4-10(7-16)15(6-9)11-3-8(5-13)1-2-14-11/h1-3,9-10,16H,4,6-7H2/t9-,10-/m0/s1. The molecule has 0 bridgehead atoms. The van der Waals surface area contributed by atoms with E-state index in [1.165, 1.54) is 6.20 Å². The van der Waals surface area contributed by atoms with E-state index in [-0.39, 0.29) is 19.2 Å². The second-order valence-corrected chi connectivity index (χ2v) is 3.84.